The van der Waals surface area contributed by atoms with Gasteiger partial charge in [0, 0.05) is 11.0 Å². The molecule has 4 heteroatoms. The fourth-order valence-electron chi connectivity index (χ4n) is 3.18. The van der Waals surface area contributed by atoms with Crippen LogP contribution < -0.4 is 5.73 Å². The number of hydrogen-bond donors (Lipinski definition) is 4. The number of rotatable bonds is 8. The number of aliphatic hydroxyl groups is 3. The third-order valence-electron chi connectivity index (χ3n) is 6.33. The smallest absolute Gasteiger partial charge is 0.0669 e. The Labute approximate surface area is 137 Å². The molecule has 0 aromatic rings. The molecule has 0 aromatic carbocycles. The van der Waals surface area contributed by atoms with E-state index in [0.29, 0.717) is 0 Å². The van der Waals surface area contributed by atoms with Gasteiger partial charge in [-0.25, -0.2) is 0 Å². The highest BCUT2D eigenvalue weighted by molar-refractivity contribution is 5.03. The standard InChI is InChI=1S/C18H39NO3/c1-14(2,11-20)13(22)17(7,8)15(3,4)10-16(5,6)18(9,19)12-21/h13,20-22H,10-12,19H2,1-9H3. The van der Waals surface area contributed by atoms with Gasteiger partial charge in [-0.05, 0) is 29.6 Å². The van der Waals surface area contributed by atoms with Gasteiger partial charge in [-0.3, -0.25) is 0 Å². The van der Waals surface area contributed by atoms with Crippen molar-refractivity contribution in [3.05, 3.63) is 0 Å². The minimum Gasteiger partial charge on any atom is -0.396 e. The van der Waals surface area contributed by atoms with Crippen LogP contribution in [0.2, 0.25) is 0 Å². The zero-order valence-corrected chi connectivity index (χ0v) is 16.1. The zero-order valence-electron chi connectivity index (χ0n) is 16.1. The summed E-state index contributed by atoms with van der Waals surface area (Å²) in [6.45, 7) is 17.9. The molecule has 0 aromatic heterocycles. The molecule has 0 saturated carbocycles. The summed E-state index contributed by atoms with van der Waals surface area (Å²) in [6, 6.07) is 0. The first-order valence-electron chi connectivity index (χ1n) is 8.17. The summed E-state index contributed by atoms with van der Waals surface area (Å²) in [4.78, 5) is 0. The van der Waals surface area contributed by atoms with E-state index < -0.39 is 22.5 Å². The fraction of sp³-hybridized carbons (Fsp3) is 1.00. The maximum absolute atomic E-state index is 10.9. The third-order valence-corrected chi connectivity index (χ3v) is 6.33. The van der Waals surface area contributed by atoms with Gasteiger partial charge in [-0.2, -0.15) is 0 Å². The molecule has 0 saturated heterocycles. The first-order chi connectivity index (χ1) is 9.48. The topological polar surface area (TPSA) is 86.7 Å². The van der Waals surface area contributed by atoms with Gasteiger partial charge in [0.05, 0.1) is 19.3 Å². The van der Waals surface area contributed by atoms with E-state index in [1.165, 1.54) is 0 Å². The summed E-state index contributed by atoms with van der Waals surface area (Å²) < 4.78 is 0. The molecule has 2 atom stereocenters. The number of hydrogen-bond acceptors (Lipinski definition) is 4. The van der Waals surface area contributed by atoms with Crippen molar-refractivity contribution < 1.29 is 15.3 Å². The minimum absolute atomic E-state index is 0.0671. The predicted molar refractivity (Wildman–Crippen MR) is 92.5 cm³/mol. The molecule has 0 radical (unpaired) electrons. The van der Waals surface area contributed by atoms with Crippen LogP contribution in [0, 0.1) is 21.7 Å². The Balaban J connectivity index is 5.55. The van der Waals surface area contributed by atoms with Crippen LogP contribution in [-0.2, 0) is 0 Å². The van der Waals surface area contributed by atoms with E-state index in [1.54, 1.807) is 0 Å². The SMILES string of the molecule is CC(C)(CO)C(O)C(C)(C)C(C)(C)CC(C)(C)C(C)(N)CO. The molecule has 0 rings (SSSR count). The molecule has 0 spiro atoms. The van der Waals surface area contributed by atoms with Gasteiger partial charge < -0.3 is 21.1 Å². The van der Waals surface area contributed by atoms with Crippen molar-refractivity contribution in [3.63, 3.8) is 0 Å². The van der Waals surface area contributed by atoms with Gasteiger partial charge in [0.1, 0.15) is 0 Å². The van der Waals surface area contributed by atoms with E-state index in [2.05, 4.69) is 27.7 Å². The van der Waals surface area contributed by atoms with Crippen LogP contribution in [0.3, 0.4) is 0 Å². The van der Waals surface area contributed by atoms with E-state index in [0.717, 1.165) is 6.42 Å². The number of aliphatic hydroxyl groups excluding tert-OH is 3. The normalized spacial score (nSPS) is 19.0. The first kappa shape index (κ1) is 21.8. The highest BCUT2D eigenvalue weighted by atomic mass is 16.3. The lowest BCUT2D eigenvalue weighted by Gasteiger charge is -2.54. The van der Waals surface area contributed by atoms with E-state index in [1.807, 2.05) is 34.6 Å². The predicted octanol–water partition coefficient (Wildman–Crippen LogP) is 2.54. The van der Waals surface area contributed by atoms with Crippen molar-refractivity contribution in [1.29, 1.82) is 0 Å². The van der Waals surface area contributed by atoms with Crippen LogP contribution in [0.4, 0.5) is 0 Å². The Bertz CT molecular complexity index is 371. The fourth-order valence-corrected chi connectivity index (χ4v) is 3.18. The average Bonchev–Trinajstić information content (AvgIpc) is 2.35. The molecule has 0 fully saturated rings. The maximum Gasteiger partial charge on any atom is 0.0669 e. The third kappa shape index (κ3) is 4.02. The largest absolute Gasteiger partial charge is 0.396 e. The Kier molecular flexibility index (Phi) is 6.34. The summed E-state index contributed by atoms with van der Waals surface area (Å²) in [5.74, 6) is 0. The molecular formula is C18H39NO3. The number of nitrogens with two attached hydrogens (primary N) is 1. The minimum atomic E-state index is -0.697. The molecule has 0 aliphatic rings. The lowest BCUT2D eigenvalue weighted by molar-refractivity contribution is -0.127. The van der Waals surface area contributed by atoms with Crippen molar-refractivity contribution >= 4 is 0 Å². The summed E-state index contributed by atoms with van der Waals surface area (Å²) in [6.07, 6.45) is 0.0908. The Hall–Kier alpha value is -0.160. The van der Waals surface area contributed by atoms with Crippen molar-refractivity contribution in [2.24, 2.45) is 27.4 Å². The molecule has 4 nitrogen and oxygen atoms in total. The van der Waals surface area contributed by atoms with Gasteiger partial charge >= 0.3 is 0 Å². The molecule has 0 aliphatic carbocycles. The van der Waals surface area contributed by atoms with Crippen LogP contribution in [0.1, 0.15) is 68.7 Å². The molecular weight excluding hydrogens is 278 g/mol. The second-order valence-electron chi connectivity index (χ2n) is 9.79. The molecule has 2 unspecified atom stereocenters. The quantitative estimate of drug-likeness (QED) is 0.554. The average molecular weight is 318 g/mol. The van der Waals surface area contributed by atoms with E-state index in [9.17, 15) is 15.3 Å². The first-order valence-corrected chi connectivity index (χ1v) is 8.17. The second-order valence-corrected chi connectivity index (χ2v) is 9.79. The molecule has 0 aliphatic heterocycles. The Morgan fingerprint density at radius 3 is 1.50 bits per heavy atom. The van der Waals surface area contributed by atoms with Gasteiger partial charge in [0.15, 0.2) is 0 Å². The molecule has 22 heavy (non-hydrogen) atoms. The van der Waals surface area contributed by atoms with Crippen LogP contribution in [0.15, 0.2) is 0 Å². The van der Waals surface area contributed by atoms with Crippen molar-refractivity contribution in [2.75, 3.05) is 13.2 Å². The molecule has 0 amide bonds. The van der Waals surface area contributed by atoms with Crippen LogP contribution >= 0.6 is 0 Å². The second kappa shape index (κ2) is 6.39. The highest BCUT2D eigenvalue weighted by Gasteiger charge is 2.51. The maximum atomic E-state index is 10.9. The van der Waals surface area contributed by atoms with E-state index in [4.69, 9.17) is 5.73 Å². The molecule has 134 valence electrons. The zero-order chi connectivity index (χ0) is 18.2. The van der Waals surface area contributed by atoms with Crippen LogP contribution in [0.5, 0.6) is 0 Å². The monoisotopic (exact) mass is 317 g/mol. The van der Waals surface area contributed by atoms with E-state index in [-0.39, 0.29) is 24.0 Å². The van der Waals surface area contributed by atoms with E-state index >= 15 is 0 Å². The molecule has 5 N–H and O–H groups in total. The van der Waals surface area contributed by atoms with Gasteiger partial charge in [0.2, 0.25) is 0 Å². The molecule has 0 heterocycles. The summed E-state index contributed by atoms with van der Waals surface area (Å²) in [5, 5.41) is 30.0. The van der Waals surface area contributed by atoms with Crippen LogP contribution in [-0.4, -0.2) is 40.2 Å². The summed E-state index contributed by atoms with van der Waals surface area (Å²) >= 11 is 0. The van der Waals surface area contributed by atoms with Gasteiger partial charge in [-0.1, -0.05) is 55.4 Å². The Morgan fingerprint density at radius 2 is 1.18 bits per heavy atom. The highest BCUT2D eigenvalue weighted by Crippen LogP contribution is 2.53. The summed E-state index contributed by atoms with van der Waals surface area (Å²) in [5.41, 5.74) is 4.04. The van der Waals surface area contributed by atoms with Crippen molar-refractivity contribution in [2.45, 2.75) is 80.4 Å². The summed E-state index contributed by atoms with van der Waals surface area (Å²) in [7, 11) is 0. The Morgan fingerprint density at radius 1 is 0.773 bits per heavy atom. The lowest BCUT2D eigenvalue weighted by Crippen LogP contribution is -2.57. The van der Waals surface area contributed by atoms with Gasteiger partial charge in [-0.15, -0.1) is 0 Å². The van der Waals surface area contributed by atoms with Gasteiger partial charge in [0.25, 0.3) is 0 Å². The van der Waals surface area contributed by atoms with Crippen LogP contribution in [0.25, 0.3) is 0 Å². The lowest BCUT2D eigenvalue weighted by atomic mass is 9.53. The molecule has 0 bridgehead atoms. The van der Waals surface area contributed by atoms with Crippen molar-refractivity contribution in [3.8, 4) is 0 Å². The van der Waals surface area contributed by atoms with Crippen molar-refractivity contribution in [1.82, 2.24) is 0 Å².